The minimum absolute atomic E-state index is 0.0407. The van der Waals surface area contributed by atoms with E-state index in [1.54, 1.807) is 18.2 Å². The third-order valence-corrected chi connectivity index (χ3v) is 3.83. The SMILES string of the molecule is O=C(O)[C@@H]1CSCN1C(=O)NCc1ccccc1F. The minimum atomic E-state index is -1.02. The number of carbonyl (C=O) groups is 2. The van der Waals surface area contributed by atoms with Crippen LogP contribution in [-0.4, -0.2) is 39.7 Å². The Morgan fingerprint density at radius 2 is 2.21 bits per heavy atom. The van der Waals surface area contributed by atoms with Crippen LogP contribution in [0.5, 0.6) is 0 Å². The molecule has 0 saturated carbocycles. The van der Waals surface area contributed by atoms with Crippen LogP contribution in [0.3, 0.4) is 0 Å². The van der Waals surface area contributed by atoms with Gasteiger partial charge in [-0.05, 0) is 6.07 Å². The van der Waals surface area contributed by atoms with Gasteiger partial charge >= 0.3 is 12.0 Å². The highest BCUT2D eigenvalue weighted by Gasteiger charge is 2.34. The predicted molar refractivity (Wildman–Crippen MR) is 69.2 cm³/mol. The average Bonchev–Trinajstić information content (AvgIpc) is 2.87. The van der Waals surface area contributed by atoms with Gasteiger partial charge in [-0.15, -0.1) is 11.8 Å². The van der Waals surface area contributed by atoms with Crippen molar-refractivity contribution < 1.29 is 19.1 Å². The van der Waals surface area contributed by atoms with E-state index in [0.717, 1.165) is 0 Å². The fourth-order valence-electron chi connectivity index (χ4n) is 1.76. The summed E-state index contributed by atoms with van der Waals surface area (Å²) >= 11 is 1.38. The quantitative estimate of drug-likeness (QED) is 0.882. The zero-order valence-electron chi connectivity index (χ0n) is 10.0. The number of carbonyl (C=O) groups excluding carboxylic acids is 1. The predicted octanol–water partition coefficient (Wildman–Crippen LogP) is 1.49. The first kappa shape index (κ1) is 13.7. The molecule has 1 heterocycles. The Labute approximate surface area is 113 Å². The maximum absolute atomic E-state index is 13.4. The van der Waals surface area contributed by atoms with Crippen molar-refractivity contribution in [2.75, 3.05) is 11.6 Å². The second-order valence-corrected chi connectivity index (χ2v) is 5.07. The number of nitrogens with one attached hydrogen (secondary N) is 1. The van der Waals surface area contributed by atoms with E-state index in [-0.39, 0.29) is 6.54 Å². The number of carboxylic acid groups (broad SMARTS) is 1. The highest BCUT2D eigenvalue weighted by Crippen LogP contribution is 2.21. The molecule has 2 N–H and O–H groups in total. The Kier molecular flexibility index (Phi) is 4.26. The first-order valence-corrected chi connectivity index (χ1v) is 6.83. The molecule has 1 aliphatic rings. The Bertz CT molecular complexity index is 498. The number of aliphatic carboxylic acids is 1. The third-order valence-electron chi connectivity index (χ3n) is 2.82. The Morgan fingerprint density at radius 3 is 2.89 bits per heavy atom. The highest BCUT2D eigenvalue weighted by molar-refractivity contribution is 7.99. The van der Waals surface area contributed by atoms with Crippen molar-refractivity contribution in [1.82, 2.24) is 10.2 Å². The summed E-state index contributed by atoms with van der Waals surface area (Å²) in [7, 11) is 0. The number of hydrogen-bond acceptors (Lipinski definition) is 3. The molecule has 1 aliphatic heterocycles. The van der Waals surface area contributed by atoms with Gasteiger partial charge in [0.15, 0.2) is 0 Å². The van der Waals surface area contributed by atoms with Gasteiger partial charge in [-0.1, -0.05) is 18.2 Å². The monoisotopic (exact) mass is 284 g/mol. The Balaban J connectivity index is 1.95. The van der Waals surface area contributed by atoms with Gasteiger partial charge in [0, 0.05) is 17.9 Å². The van der Waals surface area contributed by atoms with E-state index in [1.165, 1.54) is 22.7 Å². The summed E-state index contributed by atoms with van der Waals surface area (Å²) in [5, 5.41) is 11.5. The Hall–Kier alpha value is -1.76. The summed E-state index contributed by atoms with van der Waals surface area (Å²) in [5.74, 6) is -0.706. The van der Waals surface area contributed by atoms with E-state index in [4.69, 9.17) is 5.11 Å². The van der Waals surface area contributed by atoms with Gasteiger partial charge in [-0.2, -0.15) is 0 Å². The first-order valence-electron chi connectivity index (χ1n) is 5.68. The summed E-state index contributed by atoms with van der Waals surface area (Å²) in [6.45, 7) is 0.0407. The van der Waals surface area contributed by atoms with Gasteiger partial charge < -0.3 is 15.3 Å². The largest absolute Gasteiger partial charge is 0.480 e. The molecule has 2 rings (SSSR count). The van der Waals surface area contributed by atoms with Gasteiger partial charge in [-0.25, -0.2) is 14.0 Å². The maximum Gasteiger partial charge on any atom is 0.327 e. The number of benzene rings is 1. The molecule has 0 bridgehead atoms. The van der Waals surface area contributed by atoms with Crippen LogP contribution in [0.2, 0.25) is 0 Å². The second-order valence-electron chi connectivity index (χ2n) is 4.07. The van der Waals surface area contributed by atoms with Crippen LogP contribution in [0.25, 0.3) is 0 Å². The molecule has 2 amide bonds. The molecule has 1 aromatic rings. The molecule has 0 aliphatic carbocycles. The fraction of sp³-hybridized carbons (Fsp3) is 0.333. The van der Waals surface area contributed by atoms with Crippen LogP contribution in [-0.2, 0) is 11.3 Å². The number of amides is 2. The number of nitrogens with zero attached hydrogens (tertiary/aromatic N) is 1. The number of thioether (sulfide) groups is 1. The van der Waals surface area contributed by atoms with Crippen molar-refractivity contribution in [3.8, 4) is 0 Å². The lowest BCUT2D eigenvalue weighted by Crippen LogP contribution is -2.46. The molecule has 0 unspecified atom stereocenters. The molecule has 1 aromatic carbocycles. The summed E-state index contributed by atoms with van der Waals surface area (Å²) in [5.41, 5.74) is 0.370. The molecule has 0 aromatic heterocycles. The van der Waals surface area contributed by atoms with Gasteiger partial charge in [0.2, 0.25) is 0 Å². The van der Waals surface area contributed by atoms with Gasteiger partial charge in [-0.3, -0.25) is 0 Å². The molecular weight excluding hydrogens is 271 g/mol. The number of carboxylic acids is 1. The van der Waals surface area contributed by atoms with Crippen LogP contribution in [0.15, 0.2) is 24.3 Å². The van der Waals surface area contributed by atoms with E-state index < -0.39 is 23.9 Å². The normalized spacial score (nSPS) is 18.4. The average molecular weight is 284 g/mol. The van der Waals surface area contributed by atoms with E-state index in [2.05, 4.69) is 5.32 Å². The molecule has 0 radical (unpaired) electrons. The molecule has 102 valence electrons. The van der Waals surface area contributed by atoms with Crippen molar-refractivity contribution in [2.24, 2.45) is 0 Å². The van der Waals surface area contributed by atoms with Crippen LogP contribution in [0.4, 0.5) is 9.18 Å². The smallest absolute Gasteiger partial charge is 0.327 e. The third kappa shape index (κ3) is 3.17. The number of halogens is 1. The fourth-order valence-corrected chi connectivity index (χ4v) is 2.91. The molecule has 1 atom stereocenters. The number of urea groups is 1. The number of rotatable bonds is 3. The van der Waals surface area contributed by atoms with Gasteiger partial charge in [0.1, 0.15) is 11.9 Å². The highest BCUT2D eigenvalue weighted by atomic mass is 32.2. The van der Waals surface area contributed by atoms with E-state index in [9.17, 15) is 14.0 Å². The van der Waals surface area contributed by atoms with Gasteiger partial charge in [0.25, 0.3) is 0 Å². The topological polar surface area (TPSA) is 69.6 Å². The first-order chi connectivity index (χ1) is 9.09. The molecule has 0 spiro atoms. The summed E-state index contributed by atoms with van der Waals surface area (Å²) < 4.78 is 13.4. The number of hydrogen-bond donors (Lipinski definition) is 2. The zero-order chi connectivity index (χ0) is 13.8. The standard InChI is InChI=1S/C12H13FN2O3S/c13-9-4-2-1-3-8(9)5-14-12(18)15-7-19-6-10(15)11(16)17/h1-4,10H,5-7H2,(H,14,18)(H,16,17)/t10-/m0/s1. The minimum Gasteiger partial charge on any atom is -0.480 e. The van der Waals surface area contributed by atoms with Crippen LogP contribution in [0, 0.1) is 5.82 Å². The molecule has 19 heavy (non-hydrogen) atoms. The summed E-state index contributed by atoms with van der Waals surface area (Å²) in [6.07, 6.45) is 0. The van der Waals surface area contributed by atoms with Crippen molar-refractivity contribution in [1.29, 1.82) is 0 Å². The lowest BCUT2D eigenvalue weighted by Gasteiger charge is -2.20. The molecule has 5 nitrogen and oxygen atoms in total. The zero-order valence-corrected chi connectivity index (χ0v) is 10.8. The lowest BCUT2D eigenvalue weighted by molar-refractivity contribution is -0.140. The van der Waals surface area contributed by atoms with E-state index >= 15 is 0 Å². The molecule has 7 heteroatoms. The molecular formula is C12H13FN2O3S. The van der Waals surface area contributed by atoms with Crippen LogP contribution < -0.4 is 5.32 Å². The molecule has 1 saturated heterocycles. The maximum atomic E-state index is 13.4. The summed E-state index contributed by atoms with van der Waals surface area (Å²) in [4.78, 5) is 24.1. The van der Waals surface area contributed by atoms with Crippen LogP contribution >= 0.6 is 11.8 Å². The van der Waals surface area contributed by atoms with Crippen molar-refractivity contribution in [2.45, 2.75) is 12.6 Å². The van der Waals surface area contributed by atoms with Crippen molar-refractivity contribution in [3.05, 3.63) is 35.6 Å². The van der Waals surface area contributed by atoms with Gasteiger partial charge in [0.05, 0.1) is 5.88 Å². The van der Waals surface area contributed by atoms with Crippen molar-refractivity contribution >= 4 is 23.8 Å². The summed E-state index contributed by atoms with van der Waals surface area (Å²) in [6, 6.07) is 4.83. The Morgan fingerprint density at radius 1 is 1.47 bits per heavy atom. The second kappa shape index (κ2) is 5.92. The van der Waals surface area contributed by atoms with E-state index in [1.807, 2.05) is 0 Å². The lowest BCUT2D eigenvalue weighted by atomic mass is 10.2. The van der Waals surface area contributed by atoms with E-state index in [0.29, 0.717) is 17.2 Å². The van der Waals surface area contributed by atoms with Crippen molar-refractivity contribution in [3.63, 3.8) is 0 Å². The van der Waals surface area contributed by atoms with Crippen LogP contribution in [0.1, 0.15) is 5.56 Å². The molecule has 1 fully saturated rings.